The number of aromatic nitrogens is 1. The minimum absolute atomic E-state index is 1.14. The molecule has 1 heteroatoms. The van der Waals surface area contributed by atoms with Crippen LogP contribution in [-0.4, -0.2) is 4.98 Å². The maximum Gasteiger partial charge on any atom is 0.0346 e. The lowest BCUT2D eigenvalue weighted by atomic mass is 9.89. The molecule has 28 heavy (non-hydrogen) atoms. The molecule has 0 amide bonds. The van der Waals surface area contributed by atoms with E-state index in [0.717, 1.165) is 5.56 Å². The van der Waals surface area contributed by atoms with Gasteiger partial charge in [0.2, 0.25) is 0 Å². The summed E-state index contributed by atoms with van der Waals surface area (Å²) in [4.78, 5) is 4.23. The van der Waals surface area contributed by atoms with Crippen molar-refractivity contribution in [3.8, 4) is 22.3 Å². The molecule has 0 radical (unpaired) electrons. The number of nitrogens with zero attached hydrogens (tertiary/aromatic N) is 1. The number of hydrogen-bond acceptors (Lipinski definition) is 1. The maximum atomic E-state index is 4.23. The molecule has 1 heterocycles. The monoisotopic (exact) mass is 355 g/mol. The Morgan fingerprint density at radius 2 is 1.14 bits per heavy atom. The zero-order valence-electron chi connectivity index (χ0n) is 15.3. The predicted octanol–water partition coefficient (Wildman–Crippen LogP) is 7.31. The molecule has 1 nitrogen and oxygen atoms in total. The van der Waals surface area contributed by atoms with Crippen molar-refractivity contribution >= 4 is 32.3 Å². The third-order valence-electron chi connectivity index (χ3n) is 5.72. The zero-order valence-corrected chi connectivity index (χ0v) is 15.3. The highest BCUT2D eigenvalue weighted by atomic mass is 14.6. The van der Waals surface area contributed by atoms with E-state index in [2.05, 4.69) is 89.9 Å². The minimum Gasteiger partial charge on any atom is -0.264 e. The smallest absolute Gasteiger partial charge is 0.0346 e. The van der Waals surface area contributed by atoms with Crippen LogP contribution in [0.2, 0.25) is 0 Å². The van der Waals surface area contributed by atoms with Gasteiger partial charge in [-0.1, -0.05) is 84.9 Å². The molecule has 0 N–H and O–H groups in total. The van der Waals surface area contributed by atoms with Gasteiger partial charge in [0, 0.05) is 12.4 Å². The Morgan fingerprint density at radius 1 is 0.464 bits per heavy atom. The largest absolute Gasteiger partial charge is 0.264 e. The normalized spacial score (nSPS) is 11.6. The zero-order chi connectivity index (χ0) is 18.5. The summed E-state index contributed by atoms with van der Waals surface area (Å²) in [6, 6.07) is 32.9. The van der Waals surface area contributed by atoms with Crippen LogP contribution in [0.1, 0.15) is 0 Å². The first-order valence-corrected chi connectivity index (χ1v) is 9.56. The molecule has 0 fully saturated rings. The SMILES string of the molecule is c1cncc(-c2ccc(-c3ccc4ccc5cccc6ccc3c4c56)cc2)c1. The lowest BCUT2D eigenvalue weighted by Crippen LogP contribution is -1.87. The molecule has 0 saturated carbocycles. The topological polar surface area (TPSA) is 12.9 Å². The predicted molar refractivity (Wildman–Crippen MR) is 119 cm³/mol. The van der Waals surface area contributed by atoms with Crippen molar-refractivity contribution in [3.05, 3.63) is 103 Å². The number of hydrogen-bond donors (Lipinski definition) is 0. The first kappa shape index (κ1) is 15.4. The third-order valence-corrected chi connectivity index (χ3v) is 5.72. The molecule has 0 spiro atoms. The van der Waals surface area contributed by atoms with Crippen LogP contribution in [-0.2, 0) is 0 Å². The Kier molecular flexibility index (Phi) is 3.24. The molecule has 0 bridgehead atoms. The molecule has 0 atom stereocenters. The van der Waals surface area contributed by atoms with Crippen molar-refractivity contribution in [2.75, 3.05) is 0 Å². The summed E-state index contributed by atoms with van der Waals surface area (Å²) in [6.45, 7) is 0. The quantitative estimate of drug-likeness (QED) is 0.297. The number of benzene rings is 5. The van der Waals surface area contributed by atoms with Gasteiger partial charge >= 0.3 is 0 Å². The molecule has 0 aliphatic heterocycles. The van der Waals surface area contributed by atoms with Gasteiger partial charge in [-0.05, 0) is 60.6 Å². The van der Waals surface area contributed by atoms with Crippen molar-refractivity contribution in [1.82, 2.24) is 4.98 Å². The summed E-state index contributed by atoms with van der Waals surface area (Å²) in [5, 5.41) is 7.96. The average Bonchev–Trinajstić information content (AvgIpc) is 2.78. The van der Waals surface area contributed by atoms with Crippen molar-refractivity contribution in [2.24, 2.45) is 0 Å². The van der Waals surface area contributed by atoms with Gasteiger partial charge in [-0.15, -0.1) is 0 Å². The van der Waals surface area contributed by atoms with Crippen molar-refractivity contribution < 1.29 is 0 Å². The average molecular weight is 355 g/mol. The lowest BCUT2D eigenvalue weighted by molar-refractivity contribution is 1.33. The van der Waals surface area contributed by atoms with E-state index < -0.39 is 0 Å². The van der Waals surface area contributed by atoms with Gasteiger partial charge in [0.15, 0.2) is 0 Å². The van der Waals surface area contributed by atoms with E-state index in [1.54, 1.807) is 0 Å². The Bertz CT molecular complexity index is 1410. The van der Waals surface area contributed by atoms with Gasteiger partial charge in [-0.3, -0.25) is 4.98 Å². The second-order valence-corrected chi connectivity index (χ2v) is 7.29. The minimum atomic E-state index is 1.14. The van der Waals surface area contributed by atoms with Gasteiger partial charge in [-0.2, -0.15) is 0 Å². The highest BCUT2D eigenvalue weighted by Gasteiger charge is 2.11. The van der Waals surface area contributed by atoms with Crippen LogP contribution in [0.3, 0.4) is 0 Å². The van der Waals surface area contributed by atoms with Crippen molar-refractivity contribution in [2.45, 2.75) is 0 Å². The highest BCUT2D eigenvalue weighted by molar-refractivity contribution is 6.25. The standard InChI is InChI=1S/C27H17N/c1-3-20-10-11-22-12-14-24(25-15-13-21(4-1)26(20)27(22)25)19-8-6-18(7-9-19)23-5-2-16-28-17-23/h1-17H. The van der Waals surface area contributed by atoms with Crippen LogP contribution in [0.25, 0.3) is 54.6 Å². The molecular weight excluding hydrogens is 338 g/mol. The molecule has 6 aromatic rings. The second kappa shape index (κ2) is 5.90. The van der Waals surface area contributed by atoms with Gasteiger partial charge in [0.05, 0.1) is 0 Å². The van der Waals surface area contributed by atoms with Crippen LogP contribution in [0.4, 0.5) is 0 Å². The van der Waals surface area contributed by atoms with Gasteiger partial charge in [0.1, 0.15) is 0 Å². The first-order chi connectivity index (χ1) is 13.9. The van der Waals surface area contributed by atoms with E-state index in [9.17, 15) is 0 Å². The third kappa shape index (κ3) is 2.23. The van der Waals surface area contributed by atoms with E-state index >= 15 is 0 Å². The van der Waals surface area contributed by atoms with Gasteiger partial charge in [0.25, 0.3) is 0 Å². The Hall–Kier alpha value is -3.71. The van der Waals surface area contributed by atoms with E-state index in [-0.39, 0.29) is 0 Å². The Morgan fingerprint density at radius 3 is 1.89 bits per heavy atom. The van der Waals surface area contributed by atoms with Crippen molar-refractivity contribution in [3.63, 3.8) is 0 Å². The van der Waals surface area contributed by atoms with Crippen LogP contribution in [0.15, 0.2) is 103 Å². The van der Waals surface area contributed by atoms with E-state index in [0.29, 0.717) is 0 Å². The summed E-state index contributed by atoms with van der Waals surface area (Å²) < 4.78 is 0. The van der Waals surface area contributed by atoms with Gasteiger partial charge < -0.3 is 0 Å². The van der Waals surface area contributed by atoms with Gasteiger partial charge in [-0.25, -0.2) is 0 Å². The fourth-order valence-electron chi connectivity index (χ4n) is 4.36. The number of rotatable bonds is 2. The fraction of sp³-hybridized carbons (Fsp3) is 0. The molecule has 0 aliphatic carbocycles. The Balaban J connectivity index is 1.58. The fourth-order valence-corrected chi connectivity index (χ4v) is 4.36. The molecular formula is C27H17N. The number of pyridine rings is 1. The highest BCUT2D eigenvalue weighted by Crippen LogP contribution is 2.39. The van der Waals surface area contributed by atoms with Crippen LogP contribution >= 0.6 is 0 Å². The van der Waals surface area contributed by atoms with E-state index in [4.69, 9.17) is 0 Å². The molecule has 1 aromatic heterocycles. The molecule has 0 unspecified atom stereocenters. The van der Waals surface area contributed by atoms with E-state index in [1.165, 1.54) is 49.0 Å². The summed E-state index contributed by atoms with van der Waals surface area (Å²) in [7, 11) is 0. The maximum absolute atomic E-state index is 4.23. The molecule has 0 aliphatic rings. The molecule has 0 saturated heterocycles. The van der Waals surface area contributed by atoms with Crippen LogP contribution in [0.5, 0.6) is 0 Å². The van der Waals surface area contributed by atoms with Crippen molar-refractivity contribution in [1.29, 1.82) is 0 Å². The summed E-state index contributed by atoms with van der Waals surface area (Å²) in [5.41, 5.74) is 4.85. The first-order valence-electron chi connectivity index (χ1n) is 9.56. The summed E-state index contributed by atoms with van der Waals surface area (Å²) in [5.74, 6) is 0. The molecule has 130 valence electrons. The second-order valence-electron chi connectivity index (χ2n) is 7.29. The Labute approximate surface area is 163 Å². The van der Waals surface area contributed by atoms with E-state index in [1.807, 2.05) is 18.5 Å². The lowest BCUT2D eigenvalue weighted by Gasteiger charge is -2.14. The summed E-state index contributed by atoms with van der Waals surface area (Å²) >= 11 is 0. The summed E-state index contributed by atoms with van der Waals surface area (Å²) in [6.07, 6.45) is 3.72. The van der Waals surface area contributed by atoms with Crippen LogP contribution in [0, 0.1) is 0 Å². The molecule has 5 aromatic carbocycles. The van der Waals surface area contributed by atoms with Crippen LogP contribution < -0.4 is 0 Å². The molecule has 6 rings (SSSR count).